The second kappa shape index (κ2) is 8.39. The second-order valence-corrected chi connectivity index (χ2v) is 7.24. The lowest BCUT2D eigenvalue weighted by molar-refractivity contribution is -0.142. The van der Waals surface area contributed by atoms with Crippen molar-refractivity contribution in [2.75, 3.05) is 13.2 Å². The molecule has 0 aliphatic heterocycles. The predicted octanol–water partition coefficient (Wildman–Crippen LogP) is 4.65. The van der Waals surface area contributed by atoms with Crippen LogP contribution in [0.4, 0.5) is 4.79 Å². The van der Waals surface area contributed by atoms with Crippen LogP contribution in [0.3, 0.4) is 0 Å². The monoisotopic (exact) mass is 338 g/mol. The zero-order valence-electron chi connectivity index (χ0n) is 14.8. The van der Waals surface area contributed by atoms with E-state index in [9.17, 15) is 9.59 Å². The molecule has 0 atom stereocenters. The number of ether oxygens (including phenoxy) is 2. The van der Waals surface area contributed by atoms with Crippen molar-refractivity contribution in [1.29, 1.82) is 0 Å². The third-order valence-electron chi connectivity index (χ3n) is 3.31. The van der Waals surface area contributed by atoms with E-state index in [1.807, 2.05) is 13.0 Å². The van der Waals surface area contributed by atoms with Crippen LogP contribution in [0.5, 0.6) is 0 Å². The molecule has 0 aromatic heterocycles. The number of hydrogen-bond donors (Lipinski definition) is 0. The van der Waals surface area contributed by atoms with Crippen LogP contribution in [0.25, 0.3) is 0 Å². The number of thioether (sulfide) groups is 1. The standard InChI is InChI=1S/C18H26O4S/c1-7-21-15(19)11-13-10-14(18(4,5)6)9-12(3)16(13)23-17(20)22-8-2/h9-10H,7-8,11H2,1-6H3. The molecule has 0 saturated carbocycles. The van der Waals surface area contributed by atoms with Gasteiger partial charge in [0.1, 0.15) is 0 Å². The molecule has 5 heteroatoms. The Morgan fingerprint density at radius 1 is 1.09 bits per heavy atom. The van der Waals surface area contributed by atoms with E-state index < -0.39 is 0 Å². The van der Waals surface area contributed by atoms with Gasteiger partial charge < -0.3 is 9.47 Å². The Bertz CT molecular complexity index is 573. The van der Waals surface area contributed by atoms with E-state index >= 15 is 0 Å². The molecule has 0 aliphatic carbocycles. The Morgan fingerprint density at radius 3 is 2.22 bits per heavy atom. The van der Waals surface area contributed by atoms with Crippen molar-refractivity contribution >= 4 is 23.0 Å². The molecule has 0 fully saturated rings. The molecule has 1 rings (SSSR count). The first-order chi connectivity index (χ1) is 10.7. The SMILES string of the molecule is CCOC(=O)Cc1cc(C(C)(C)C)cc(C)c1SC(=O)OCC. The first kappa shape index (κ1) is 19.6. The van der Waals surface area contributed by atoms with Crippen LogP contribution in [0.15, 0.2) is 17.0 Å². The third kappa shape index (κ3) is 5.90. The summed E-state index contributed by atoms with van der Waals surface area (Å²) in [7, 11) is 0. The maximum atomic E-state index is 11.9. The Kier molecular flexibility index (Phi) is 7.13. The fourth-order valence-electron chi connectivity index (χ4n) is 2.16. The van der Waals surface area contributed by atoms with Gasteiger partial charge in [-0.3, -0.25) is 4.79 Å². The summed E-state index contributed by atoms with van der Waals surface area (Å²) in [6, 6.07) is 4.06. The summed E-state index contributed by atoms with van der Waals surface area (Å²) in [5.41, 5.74) is 2.87. The number of carbonyl (C=O) groups excluding carboxylic acids is 2. The number of benzene rings is 1. The number of carbonyl (C=O) groups is 2. The average molecular weight is 338 g/mol. The van der Waals surface area contributed by atoms with Crippen LogP contribution in [-0.4, -0.2) is 24.5 Å². The molecule has 0 N–H and O–H groups in total. The Labute approximate surface area is 142 Å². The van der Waals surface area contributed by atoms with E-state index in [2.05, 4.69) is 26.8 Å². The molecule has 1 aromatic rings. The summed E-state index contributed by atoms with van der Waals surface area (Å²) in [6.07, 6.45) is 0.153. The maximum absolute atomic E-state index is 11.9. The van der Waals surface area contributed by atoms with Crippen LogP contribution < -0.4 is 0 Å². The molecular weight excluding hydrogens is 312 g/mol. The molecule has 4 nitrogen and oxygen atoms in total. The first-order valence-electron chi connectivity index (χ1n) is 7.83. The fourth-order valence-corrected chi connectivity index (χ4v) is 2.98. The van der Waals surface area contributed by atoms with Gasteiger partial charge in [0, 0.05) is 4.90 Å². The topological polar surface area (TPSA) is 52.6 Å². The smallest absolute Gasteiger partial charge is 0.372 e. The predicted molar refractivity (Wildman–Crippen MR) is 93.1 cm³/mol. The summed E-state index contributed by atoms with van der Waals surface area (Å²) >= 11 is 1.03. The Balaban J connectivity index is 3.24. The van der Waals surface area contributed by atoms with Crippen LogP contribution in [0.1, 0.15) is 51.3 Å². The number of aryl methyl sites for hydroxylation is 1. The summed E-state index contributed by atoms with van der Waals surface area (Å²) in [6.45, 7) is 12.5. The minimum absolute atomic E-state index is 0.0404. The highest BCUT2D eigenvalue weighted by Crippen LogP contribution is 2.34. The van der Waals surface area contributed by atoms with Crippen LogP contribution in [0, 0.1) is 6.92 Å². The van der Waals surface area contributed by atoms with Crippen molar-refractivity contribution in [3.8, 4) is 0 Å². The van der Waals surface area contributed by atoms with Crippen molar-refractivity contribution in [3.05, 3.63) is 28.8 Å². The molecule has 0 heterocycles. The normalized spacial score (nSPS) is 11.2. The van der Waals surface area contributed by atoms with Gasteiger partial charge in [0.25, 0.3) is 0 Å². The lowest BCUT2D eigenvalue weighted by atomic mass is 9.85. The van der Waals surface area contributed by atoms with Gasteiger partial charge in [-0.15, -0.1) is 0 Å². The molecular formula is C18H26O4S. The van der Waals surface area contributed by atoms with Gasteiger partial charge in [-0.2, -0.15) is 0 Å². The highest BCUT2D eigenvalue weighted by Gasteiger charge is 2.21. The summed E-state index contributed by atoms with van der Waals surface area (Å²) in [5, 5.41) is -0.357. The molecule has 0 unspecified atom stereocenters. The molecule has 128 valence electrons. The maximum Gasteiger partial charge on any atom is 0.372 e. The van der Waals surface area contributed by atoms with Crippen LogP contribution >= 0.6 is 11.8 Å². The van der Waals surface area contributed by atoms with Gasteiger partial charge in [0.15, 0.2) is 0 Å². The number of esters is 1. The average Bonchev–Trinajstić information content (AvgIpc) is 2.41. The molecule has 0 saturated heterocycles. The lowest BCUT2D eigenvalue weighted by Gasteiger charge is -2.22. The molecule has 0 spiro atoms. The molecule has 0 amide bonds. The van der Waals surface area contributed by atoms with E-state index in [1.165, 1.54) is 0 Å². The Morgan fingerprint density at radius 2 is 1.70 bits per heavy atom. The van der Waals surface area contributed by atoms with E-state index in [4.69, 9.17) is 9.47 Å². The van der Waals surface area contributed by atoms with Gasteiger partial charge in [-0.1, -0.05) is 32.9 Å². The van der Waals surface area contributed by atoms with E-state index in [-0.39, 0.29) is 23.1 Å². The van der Waals surface area contributed by atoms with Gasteiger partial charge in [0.05, 0.1) is 19.6 Å². The molecule has 0 bridgehead atoms. The minimum Gasteiger partial charge on any atom is -0.466 e. The zero-order valence-corrected chi connectivity index (χ0v) is 15.6. The zero-order chi connectivity index (χ0) is 17.6. The summed E-state index contributed by atoms with van der Waals surface area (Å²) in [5.74, 6) is -0.288. The van der Waals surface area contributed by atoms with E-state index in [1.54, 1.807) is 13.8 Å². The van der Waals surface area contributed by atoms with Crippen LogP contribution in [-0.2, 0) is 26.1 Å². The molecule has 0 aliphatic rings. The van der Waals surface area contributed by atoms with Gasteiger partial charge >= 0.3 is 11.3 Å². The van der Waals surface area contributed by atoms with Crippen LogP contribution in [0.2, 0.25) is 0 Å². The van der Waals surface area contributed by atoms with E-state index in [0.29, 0.717) is 13.2 Å². The number of hydrogen-bond acceptors (Lipinski definition) is 5. The molecule has 0 radical (unpaired) electrons. The molecule has 23 heavy (non-hydrogen) atoms. The van der Waals surface area contributed by atoms with E-state index in [0.717, 1.165) is 33.3 Å². The highest BCUT2D eigenvalue weighted by atomic mass is 32.2. The second-order valence-electron chi connectivity index (χ2n) is 6.30. The van der Waals surface area contributed by atoms with Crippen molar-refractivity contribution in [1.82, 2.24) is 0 Å². The van der Waals surface area contributed by atoms with Crippen molar-refractivity contribution in [2.24, 2.45) is 0 Å². The minimum atomic E-state index is -0.357. The van der Waals surface area contributed by atoms with Crippen molar-refractivity contribution in [3.63, 3.8) is 0 Å². The quantitative estimate of drug-likeness (QED) is 0.578. The van der Waals surface area contributed by atoms with Crippen molar-refractivity contribution in [2.45, 2.75) is 58.3 Å². The summed E-state index contributed by atoms with van der Waals surface area (Å²) in [4.78, 5) is 24.5. The molecule has 1 aromatic carbocycles. The third-order valence-corrected chi connectivity index (χ3v) is 4.38. The summed E-state index contributed by atoms with van der Waals surface area (Å²) < 4.78 is 10.1. The fraction of sp³-hybridized carbons (Fsp3) is 0.556. The van der Waals surface area contributed by atoms with Gasteiger partial charge in [-0.05, 0) is 54.6 Å². The largest absolute Gasteiger partial charge is 0.466 e. The highest BCUT2D eigenvalue weighted by molar-refractivity contribution is 8.13. The van der Waals surface area contributed by atoms with Crippen molar-refractivity contribution < 1.29 is 19.1 Å². The first-order valence-corrected chi connectivity index (χ1v) is 8.64. The Hall–Kier alpha value is -1.49. The van der Waals surface area contributed by atoms with Gasteiger partial charge in [-0.25, -0.2) is 4.79 Å². The van der Waals surface area contributed by atoms with Gasteiger partial charge in [0.2, 0.25) is 0 Å². The lowest BCUT2D eigenvalue weighted by Crippen LogP contribution is -2.15. The number of rotatable bonds is 5.